The van der Waals surface area contributed by atoms with Crippen molar-refractivity contribution in [3.63, 3.8) is 0 Å². The highest BCUT2D eigenvalue weighted by Crippen LogP contribution is 2.36. The van der Waals surface area contributed by atoms with E-state index in [-0.39, 0.29) is 12.4 Å². The van der Waals surface area contributed by atoms with Gasteiger partial charge in [0.2, 0.25) is 6.79 Å². The van der Waals surface area contributed by atoms with E-state index in [1.54, 1.807) is 6.07 Å². The summed E-state index contributed by atoms with van der Waals surface area (Å²) in [5.41, 5.74) is 0.718. The second-order valence-corrected chi connectivity index (χ2v) is 4.25. The van der Waals surface area contributed by atoms with Crippen LogP contribution in [0, 0.1) is 0 Å². The Morgan fingerprint density at radius 1 is 0.944 bits per heavy atom. The molecule has 0 saturated carbocycles. The van der Waals surface area contributed by atoms with E-state index in [0.29, 0.717) is 16.9 Å². The van der Waals surface area contributed by atoms with Crippen LogP contribution in [0.1, 0.15) is 0 Å². The molecule has 18 heavy (non-hydrogen) atoms. The fourth-order valence-electron chi connectivity index (χ4n) is 2.37. The van der Waals surface area contributed by atoms with Gasteiger partial charge in [0, 0.05) is 16.3 Å². The average Bonchev–Trinajstić information content (AvgIpc) is 2.84. The molecule has 0 atom stereocenters. The molecule has 3 aromatic rings. The summed E-state index contributed by atoms with van der Waals surface area (Å²) in [5, 5.41) is 2.52. The van der Waals surface area contributed by atoms with Crippen molar-refractivity contribution in [2.24, 2.45) is 0 Å². The average molecular weight is 239 g/mol. The molecule has 1 aromatic heterocycles. The van der Waals surface area contributed by atoms with Crippen LogP contribution in [0.4, 0.5) is 0 Å². The molecule has 0 radical (unpaired) electrons. The number of aromatic amines is 1. The van der Waals surface area contributed by atoms with Crippen LogP contribution in [0.3, 0.4) is 0 Å². The number of benzene rings is 2. The molecule has 2 heterocycles. The molecule has 1 aliphatic rings. The van der Waals surface area contributed by atoms with Crippen LogP contribution in [0.5, 0.6) is 11.5 Å². The fourth-order valence-corrected chi connectivity index (χ4v) is 2.37. The van der Waals surface area contributed by atoms with Gasteiger partial charge in [0.25, 0.3) is 5.56 Å². The summed E-state index contributed by atoms with van der Waals surface area (Å²) in [5.74, 6) is 1.32. The first kappa shape index (κ1) is 9.53. The first-order chi connectivity index (χ1) is 8.83. The van der Waals surface area contributed by atoms with Crippen molar-refractivity contribution in [2.45, 2.75) is 0 Å². The lowest BCUT2D eigenvalue weighted by atomic mass is 10.1. The highest BCUT2D eigenvalue weighted by atomic mass is 16.7. The highest BCUT2D eigenvalue weighted by molar-refractivity contribution is 6.06. The molecule has 2 aromatic carbocycles. The molecule has 0 unspecified atom stereocenters. The molecular formula is C14H9NO3. The van der Waals surface area contributed by atoms with E-state index in [1.807, 2.05) is 30.3 Å². The third-order valence-electron chi connectivity index (χ3n) is 3.22. The summed E-state index contributed by atoms with van der Waals surface area (Å²) in [4.78, 5) is 14.9. The van der Waals surface area contributed by atoms with Crippen LogP contribution in [0.2, 0.25) is 0 Å². The van der Waals surface area contributed by atoms with E-state index in [0.717, 1.165) is 16.3 Å². The number of pyridine rings is 1. The number of ether oxygens (including phenoxy) is 2. The van der Waals surface area contributed by atoms with Crippen molar-refractivity contribution in [3.05, 3.63) is 46.8 Å². The summed E-state index contributed by atoms with van der Waals surface area (Å²) < 4.78 is 10.7. The quantitative estimate of drug-likeness (QED) is 0.613. The third-order valence-corrected chi connectivity index (χ3v) is 3.22. The SMILES string of the molecule is O=c1[nH]c2ccccc2c2cc3c(cc12)OCO3. The molecule has 4 heteroatoms. The summed E-state index contributed by atoms with van der Waals surface area (Å²) >= 11 is 0. The Bertz CT molecular complexity index is 835. The van der Waals surface area contributed by atoms with Gasteiger partial charge in [-0.05, 0) is 18.2 Å². The molecule has 88 valence electrons. The van der Waals surface area contributed by atoms with Crippen molar-refractivity contribution in [3.8, 4) is 11.5 Å². The Morgan fingerprint density at radius 2 is 1.67 bits per heavy atom. The number of para-hydroxylation sites is 1. The molecule has 0 spiro atoms. The molecule has 4 nitrogen and oxygen atoms in total. The summed E-state index contributed by atoms with van der Waals surface area (Å²) in [6, 6.07) is 11.3. The van der Waals surface area contributed by atoms with E-state index >= 15 is 0 Å². The Kier molecular flexibility index (Phi) is 1.73. The predicted molar refractivity (Wildman–Crippen MR) is 68.2 cm³/mol. The first-order valence-corrected chi connectivity index (χ1v) is 5.67. The summed E-state index contributed by atoms with van der Waals surface area (Å²) in [6.07, 6.45) is 0. The van der Waals surface area contributed by atoms with E-state index in [9.17, 15) is 4.79 Å². The van der Waals surface area contributed by atoms with Gasteiger partial charge in [0.05, 0.1) is 5.39 Å². The van der Waals surface area contributed by atoms with E-state index in [1.165, 1.54) is 0 Å². The van der Waals surface area contributed by atoms with Crippen LogP contribution in [0.25, 0.3) is 21.7 Å². The van der Waals surface area contributed by atoms with Gasteiger partial charge >= 0.3 is 0 Å². The largest absolute Gasteiger partial charge is 0.454 e. The van der Waals surface area contributed by atoms with Gasteiger partial charge < -0.3 is 14.5 Å². The topological polar surface area (TPSA) is 51.3 Å². The Morgan fingerprint density at radius 3 is 2.50 bits per heavy atom. The van der Waals surface area contributed by atoms with E-state index in [2.05, 4.69) is 4.98 Å². The first-order valence-electron chi connectivity index (χ1n) is 5.67. The van der Waals surface area contributed by atoms with E-state index < -0.39 is 0 Å². The number of H-pyrrole nitrogens is 1. The third kappa shape index (κ3) is 1.17. The normalized spacial score (nSPS) is 13.3. The predicted octanol–water partition coefficient (Wildman–Crippen LogP) is 2.41. The van der Waals surface area contributed by atoms with Crippen molar-refractivity contribution in [2.75, 3.05) is 6.79 Å². The molecule has 0 amide bonds. The number of nitrogens with one attached hydrogen (secondary N) is 1. The number of fused-ring (bicyclic) bond motifs is 4. The molecule has 0 fully saturated rings. The maximum absolute atomic E-state index is 12.0. The van der Waals surface area contributed by atoms with Crippen LogP contribution in [0.15, 0.2) is 41.2 Å². The fraction of sp³-hybridized carbons (Fsp3) is 0.0714. The van der Waals surface area contributed by atoms with Gasteiger partial charge in [-0.3, -0.25) is 4.79 Å². The van der Waals surface area contributed by atoms with Crippen LogP contribution in [-0.4, -0.2) is 11.8 Å². The minimum atomic E-state index is -0.109. The molecular weight excluding hydrogens is 230 g/mol. The van der Waals surface area contributed by atoms with Crippen LogP contribution in [-0.2, 0) is 0 Å². The lowest BCUT2D eigenvalue weighted by molar-refractivity contribution is 0.174. The maximum atomic E-state index is 12.0. The highest BCUT2D eigenvalue weighted by Gasteiger charge is 2.16. The number of aromatic nitrogens is 1. The lowest BCUT2D eigenvalue weighted by Gasteiger charge is -2.04. The van der Waals surface area contributed by atoms with Gasteiger partial charge in [-0.2, -0.15) is 0 Å². The standard InChI is InChI=1S/C14H9NO3/c16-14-10-6-13-12(17-7-18-13)5-9(10)8-3-1-2-4-11(8)15-14/h1-6H,7H2,(H,15,16). The lowest BCUT2D eigenvalue weighted by Crippen LogP contribution is -2.06. The van der Waals surface area contributed by atoms with Crippen molar-refractivity contribution in [1.29, 1.82) is 0 Å². The minimum absolute atomic E-state index is 0.109. The van der Waals surface area contributed by atoms with Crippen LogP contribution >= 0.6 is 0 Å². The molecule has 4 rings (SSSR count). The van der Waals surface area contributed by atoms with Gasteiger partial charge in [-0.25, -0.2) is 0 Å². The molecule has 0 aliphatic carbocycles. The Labute approximate surface area is 102 Å². The number of hydrogen-bond donors (Lipinski definition) is 1. The van der Waals surface area contributed by atoms with Crippen molar-refractivity contribution < 1.29 is 9.47 Å². The van der Waals surface area contributed by atoms with Gasteiger partial charge in [-0.1, -0.05) is 18.2 Å². The second kappa shape index (κ2) is 3.26. The van der Waals surface area contributed by atoms with Gasteiger partial charge in [0.15, 0.2) is 11.5 Å². The number of hydrogen-bond acceptors (Lipinski definition) is 3. The number of rotatable bonds is 0. The maximum Gasteiger partial charge on any atom is 0.256 e. The van der Waals surface area contributed by atoms with Crippen molar-refractivity contribution in [1.82, 2.24) is 4.98 Å². The Hall–Kier alpha value is -2.49. The zero-order chi connectivity index (χ0) is 12.1. The van der Waals surface area contributed by atoms with Crippen molar-refractivity contribution >= 4 is 21.7 Å². The molecule has 1 aliphatic heterocycles. The molecule has 0 saturated heterocycles. The zero-order valence-electron chi connectivity index (χ0n) is 9.40. The Balaban J connectivity index is 2.26. The monoisotopic (exact) mass is 239 g/mol. The van der Waals surface area contributed by atoms with Gasteiger partial charge in [0.1, 0.15) is 0 Å². The zero-order valence-corrected chi connectivity index (χ0v) is 9.40. The summed E-state index contributed by atoms with van der Waals surface area (Å²) in [6.45, 7) is 0.210. The van der Waals surface area contributed by atoms with Gasteiger partial charge in [-0.15, -0.1) is 0 Å². The minimum Gasteiger partial charge on any atom is -0.454 e. The van der Waals surface area contributed by atoms with Crippen LogP contribution < -0.4 is 15.0 Å². The molecule has 0 bridgehead atoms. The second-order valence-electron chi connectivity index (χ2n) is 4.25. The molecule has 1 N–H and O–H groups in total. The smallest absolute Gasteiger partial charge is 0.256 e. The van der Waals surface area contributed by atoms with E-state index in [4.69, 9.17) is 9.47 Å². The summed E-state index contributed by atoms with van der Waals surface area (Å²) in [7, 11) is 0.